The van der Waals surface area contributed by atoms with Gasteiger partial charge in [0.15, 0.2) is 0 Å². The SMILES string of the molecule is CC(C)(C)OC(=O)N1CC[C@H]1COc1cncc(C2C[C@H]2COCc2ccccn2)c1. The first-order chi connectivity index (χ1) is 14.9. The van der Waals surface area contributed by atoms with Gasteiger partial charge in [0.05, 0.1) is 31.1 Å². The normalized spacial score (nSPS) is 22.5. The van der Waals surface area contributed by atoms with Gasteiger partial charge in [-0.3, -0.25) is 9.97 Å². The van der Waals surface area contributed by atoms with Gasteiger partial charge >= 0.3 is 6.09 Å². The molecular formula is C24H31N3O4. The molecule has 7 nitrogen and oxygen atoms in total. The monoisotopic (exact) mass is 425 g/mol. The molecule has 3 atom stereocenters. The van der Waals surface area contributed by atoms with Gasteiger partial charge in [-0.25, -0.2) is 4.79 Å². The van der Waals surface area contributed by atoms with Gasteiger partial charge in [0.1, 0.15) is 18.0 Å². The largest absolute Gasteiger partial charge is 0.490 e. The Morgan fingerprint density at radius 1 is 1.23 bits per heavy atom. The minimum Gasteiger partial charge on any atom is -0.490 e. The summed E-state index contributed by atoms with van der Waals surface area (Å²) in [7, 11) is 0. The van der Waals surface area contributed by atoms with E-state index < -0.39 is 5.60 Å². The third-order valence-electron chi connectivity index (χ3n) is 5.61. The zero-order valence-electron chi connectivity index (χ0n) is 18.5. The Balaban J connectivity index is 1.22. The summed E-state index contributed by atoms with van der Waals surface area (Å²) in [5.74, 6) is 1.71. The Morgan fingerprint density at radius 2 is 2.10 bits per heavy atom. The van der Waals surface area contributed by atoms with Gasteiger partial charge in [0.25, 0.3) is 0 Å². The Bertz CT molecular complexity index is 884. The Labute approximate surface area is 183 Å². The zero-order valence-corrected chi connectivity index (χ0v) is 18.5. The third-order valence-corrected chi connectivity index (χ3v) is 5.61. The topological polar surface area (TPSA) is 73.8 Å². The minimum atomic E-state index is -0.488. The molecule has 1 saturated heterocycles. The second-order valence-corrected chi connectivity index (χ2v) is 9.32. The van der Waals surface area contributed by atoms with Gasteiger partial charge in [-0.05, 0) is 69.2 Å². The van der Waals surface area contributed by atoms with Crippen molar-refractivity contribution in [2.24, 2.45) is 5.92 Å². The van der Waals surface area contributed by atoms with E-state index in [0.29, 0.717) is 31.6 Å². The van der Waals surface area contributed by atoms with E-state index in [2.05, 4.69) is 16.0 Å². The van der Waals surface area contributed by atoms with Crippen molar-refractivity contribution in [1.29, 1.82) is 0 Å². The number of carbonyl (C=O) groups excluding carboxylic acids is 1. The van der Waals surface area contributed by atoms with Crippen LogP contribution in [0.3, 0.4) is 0 Å². The van der Waals surface area contributed by atoms with E-state index in [1.165, 1.54) is 5.56 Å². The molecule has 0 N–H and O–H groups in total. The molecule has 2 aliphatic rings. The molecule has 0 radical (unpaired) electrons. The van der Waals surface area contributed by atoms with Crippen molar-refractivity contribution in [1.82, 2.24) is 14.9 Å². The highest BCUT2D eigenvalue weighted by atomic mass is 16.6. The van der Waals surface area contributed by atoms with Crippen LogP contribution in [0.15, 0.2) is 42.9 Å². The van der Waals surface area contributed by atoms with E-state index in [1.807, 2.05) is 45.2 Å². The fourth-order valence-corrected chi connectivity index (χ4v) is 3.72. The lowest BCUT2D eigenvalue weighted by Crippen LogP contribution is -2.55. The molecule has 0 spiro atoms. The van der Waals surface area contributed by atoms with Crippen molar-refractivity contribution in [2.75, 3.05) is 19.8 Å². The minimum absolute atomic E-state index is 0.0483. The van der Waals surface area contributed by atoms with Gasteiger partial charge < -0.3 is 19.1 Å². The van der Waals surface area contributed by atoms with E-state index in [1.54, 1.807) is 17.3 Å². The molecule has 2 fully saturated rings. The first-order valence-corrected chi connectivity index (χ1v) is 10.9. The van der Waals surface area contributed by atoms with E-state index in [-0.39, 0.29) is 12.1 Å². The molecule has 0 bridgehead atoms. The van der Waals surface area contributed by atoms with E-state index in [9.17, 15) is 4.79 Å². The average Bonchev–Trinajstić information content (AvgIpc) is 3.46. The van der Waals surface area contributed by atoms with Crippen LogP contribution < -0.4 is 4.74 Å². The maximum absolute atomic E-state index is 12.2. The van der Waals surface area contributed by atoms with Crippen LogP contribution in [-0.4, -0.2) is 52.4 Å². The van der Waals surface area contributed by atoms with Crippen LogP contribution in [0.25, 0.3) is 0 Å². The summed E-state index contributed by atoms with van der Waals surface area (Å²) in [6.45, 7) is 8.06. The van der Waals surface area contributed by atoms with Gasteiger partial charge in [0.2, 0.25) is 0 Å². The summed E-state index contributed by atoms with van der Waals surface area (Å²) in [5.41, 5.74) is 1.65. The van der Waals surface area contributed by atoms with E-state index in [0.717, 1.165) is 30.9 Å². The van der Waals surface area contributed by atoms with Crippen molar-refractivity contribution in [3.8, 4) is 5.75 Å². The average molecular weight is 426 g/mol. The maximum Gasteiger partial charge on any atom is 0.410 e. The quantitative estimate of drug-likeness (QED) is 0.632. The number of aromatic nitrogens is 2. The first kappa shape index (κ1) is 21.6. The molecule has 3 heterocycles. The number of hydrogen-bond acceptors (Lipinski definition) is 6. The standard InChI is InChI=1S/C24H31N3O4/c1-24(2,3)31-23(28)27-9-7-20(27)16-30-21-10-17(12-25-13-21)22-11-18(22)14-29-15-19-6-4-5-8-26-19/h4-6,8,10,12-13,18,20,22H,7,9,11,14-16H2,1-3H3/t18-,20-,22?/m0/s1. The first-order valence-electron chi connectivity index (χ1n) is 10.9. The zero-order chi connectivity index (χ0) is 21.8. The van der Waals surface area contributed by atoms with Gasteiger partial charge in [-0.1, -0.05) is 6.07 Å². The Hall–Kier alpha value is -2.67. The lowest BCUT2D eigenvalue weighted by atomic mass is 10.1. The molecule has 4 rings (SSSR count). The summed E-state index contributed by atoms with van der Waals surface area (Å²) in [6, 6.07) is 7.96. The number of rotatable bonds is 8. The maximum atomic E-state index is 12.2. The number of likely N-dealkylation sites (tertiary alicyclic amines) is 1. The van der Waals surface area contributed by atoms with Crippen molar-refractivity contribution in [3.63, 3.8) is 0 Å². The Kier molecular flexibility index (Phi) is 6.41. The number of carbonyl (C=O) groups is 1. The molecule has 0 aromatic carbocycles. The highest BCUT2D eigenvalue weighted by Gasteiger charge is 2.39. The highest BCUT2D eigenvalue weighted by Crippen LogP contribution is 2.48. The van der Waals surface area contributed by atoms with Crippen molar-refractivity contribution in [2.45, 2.75) is 57.8 Å². The van der Waals surface area contributed by atoms with Crippen molar-refractivity contribution >= 4 is 6.09 Å². The van der Waals surface area contributed by atoms with Crippen LogP contribution in [0.2, 0.25) is 0 Å². The molecule has 7 heteroatoms. The van der Waals surface area contributed by atoms with Gasteiger partial charge in [-0.15, -0.1) is 0 Å². The number of ether oxygens (including phenoxy) is 3. The number of hydrogen-bond donors (Lipinski definition) is 0. The van der Waals surface area contributed by atoms with Gasteiger partial charge in [0, 0.05) is 18.9 Å². The molecule has 31 heavy (non-hydrogen) atoms. The van der Waals surface area contributed by atoms with Crippen LogP contribution in [0.5, 0.6) is 5.75 Å². The molecule has 2 aromatic heterocycles. The predicted molar refractivity (Wildman–Crippen MR) is 116 cm³/mol. The fraction of sp³-hybridized carbons (Fsp3) is 0.542. The molecule has 1 saturated carbocycles. The van der Waals surface area contributed by atoms with Crippen LogP contribution in [0.4, 0.5) is 4.79 Å². The summed E-state index contributed by atoms with van der Waals surface area (Å²) in [4.78, 5) is 22.6. The fourth-order valence-electron chi connectivity index (χ4n) is 3.72. The summed E-state index contributed by atoms with van der Waals surface area (Å²) in [6.07, 6.45) is 7.17. The molecule has 2 aromatic rings. The summed E-state index contributed by atoms with van der Waals surface area (Å²) < 4.78 is 17.3. The van der Waals surface area contributed by atoms with Crippen molar-refractivity contribution < 1.29 is 19.0 Å². The summed E-state index contributed by atoms with van der Waals surface area (Å²) >= 11 is 0. The van der Waals surface area contributed by atoms with Crippen LogP contribution in [0.1, 0.15) is 50.8 Å². The number of nitrogens with zero attached hydrogens (tertiary/aromatic N) is 3. The van der Waals surface area contributed by atoms with Crippen LogP contribution >= 0.6 is 0 Å². The highest BCUT2D eigenvalue weighted by molar-refractivity contribution is 5.69. The molecular weight excluding hydrogens is 394 g/mol. The third kappa shape index (κ3) is 5.94. The molecule has 1 aliphatic carbocycles. The lowest BCUT2D eigenvalue weighted by molar-refractivity contribution is -0.0141. The van der Waals surface area contributed by atoms with Crippen LogP contribution in [0, 0.1) is 5.92 Å². The smallest absolute Gasteiger partial charge is 0.410 e. The summed E-state index contributed by atoms with van der Waals surface area (Å²) in [5, 5.41) is 0. The second-order valence-electron chi connectivity index (χ2n) is 9.32. The van der Waals surface area contributed by atoms with E-state index >= 15 is 0 Å². The molecule has 1 unspecified atom stereocenters. The molecule has 1 amide bonds. The molecule has 166 valence electrons. The number of pyridine rings is 2. The van der Waals surface area contributed by atoms with Gasteiger partial charge in [-0.2, -0.15) is 0 Å². The predicted octanol–water partition coefficient (Wildman–Crippen LogP) is 4.19. The van der Waals surface area contributed by atoms with Crippen molar-refractivity contribution in [3.05, 3.63) is 54.1 Å². The second kappa shape index (κ2) is 9.22. The molecule has 1 aliphatic heterocycles. The number of amides is 1. The Morgan fingerprint density at radius 3 is 2.81 bits per heavy atom. The lowest BCUT2D eigenvalue weighted by Gasteiger charge is -2.40. The van der Waals surface area contributed by atoms with Crippen LogP contribution in [-0.2, 0) is 16.1 Å². The van der Waals surface area contributed by atoms with E-state index in [4.69, 9.17) is 14.2 Å².